The van der Waals surface area contributed by atoms with Crippen molar-refractivity contribution in [2.45, 2.75) is 11.6 Å². The Balaban J connectivity index is 1.97. The zero-order valence-electron chi connectivity index (χ0n) is 14.2. The Morgan fingerprint density at radius 1 is 0.808 bits per heavy atom. The van der Waals surface area contributed by atoms with Crippen molar-refractivity contribution in [2.24, 2.45) is 0 Å². The van der Waals surface area contributed by atoms with E-state index in [1.54, 1.807) is 5.48 Å². The van der Waals surface area contributed by atoms with Gasteiger partial charge in [-0.2, -0.15) is 0 Å². The Labute approximate surface area is 152 Å². The lowest BCUT2D eigenvalue weighted by Gasteiger charge is -2.38. The molecule has 1 saturated heterocycles. The van der Waals surface area contributed by atoms with Gasteiger partial charge < -0.3 is 0 Å². The maximum Gasteiger partial charge on any atom is 0.262 e. The normalized spacial score (nSPS) is 19.0. The second kappa shape index (κ2) is 6.75. The maximum absolute atomic E-state index is 12.1. The molecule has 1 aliphatic heterocycles. The highest BCUT2D eigenvalue weighted by Gasteiger charge is 2.55. The molecule has 0 aliphatic carbocycles. The molecule has 1 fully saturated rings. The van der Waals surface area contributed by atoms with Crippen LogP contribution in [0.3, 0.4) is 0 Å². The van der Waals surface area contributed by atoms with Crippen LogP contribution in [0.5, 0.6) is 0 Å². The number of hydroxylamine groups is 1. The van der Waals surface area contributed by atoms with E-state index in [4.69, 9.17) is 5.21 Å². The van der Waals surface area contributed by atoms with Gasteiger partial charge >= 0.3 is 0 Å². The molecule has 1 unspecified atom stereocenters. The molecule has 0 spiro atoms. The number of carbonyl (C=O) groups excluding carboxylic acids is 1. The number of rotatable bonds is 5. The van der Waals surface area contributed by atoms with Crippen LogP contribution in [0.4, 0.5) is 0 Å². The van der Waals surface area contributed by atoms with Gasteiger partial charge in [-0.05, 0) is 16.7 Å². The number of benzene rings is 3. The molecule has 0 aromatic heterocycles. The highest BCUT2D eigenvalue weighted by molar-refractivity contribution is 5.84. The Bertz CT molecular complexity index is 785. The van der Waals surface area contributed by atoms with Crippen LogP contribution in [-0.4, -0.2) is 28.6 Å². The van der Waals surface area contributed by atoms with Gasteiger partial charge in [-0.3, -0.25) is 14.9 Å². The molecule has 0 saturated carbocycles. The van der Waals surface area contributed by atoms with E-state index < -0.39 is 5.54 Å². The van der Waals surface area contributed by atoms with Crippen molar-refractivity contribution in [3.63, 3.8) is 0 Å². The lowest BCUT2D eigenvalue weighted by Crippen LogP contribution is -2.41. The van der Waals surface area contributed by atoms with E-state index in [9.17, 15) is 4.79 Å². The molecule has 130 valence electrons. The SMILES string of the molecule is O=C(NO)[C@H]1CN1C(c1ccccc1)(c1ccccc1)c1ccccc1. The number of nitrogens with zero attached hydrogens (tertiary/aromatic N) is 1. The van der Waals surface area contributed by atoms with E-state index >= 15 is 0 Å². The van der Waals surface area contributed by atoms with Crippen molar-refractivity contribution in [1.29, 1.82) is 0 Å². The van der Waals surface area contributed by atoms with Gasteiger partial charge in [0, 0.05) is 6.54 Å². The third-order valence-electron chi connectivity index (χ3n) is 5.03. The number of hydrogen-bond donors (Lipinski definition) is 2. The summed E-state index contributed by atoms with van der Waals surface area (Å²) < 4.78 is 0. The first-order chi connectivity index (χ1) is 12.8. The van der Waals surface area contributed by atoms with Crippen molar-refractivity contribution >= 4 is 5.91 Å². The molecule has 4 heteroatoms. The summed E-state index contributed by atoms with van der Waals surface area (Å²) in [5.74, 6) is -0.378. The van der Waals surface area contributed by atoms with Gasteiger partial charge in [-0.1, -0.05) is 91.0 Å². The van der Waals surface area contributed by atoms with Crippen LogP contribution >= 0.6 is 0 Å². The van der Waals surface area contributed by atoms with Crippen molar-refractivity contribution in [3.05, 3.63) is 108 Å². The van der Waals surface area contributed by atoms with Gasteiger partial charge in [-0.15, -0.1) is 0 Å². The standard InChI is InChI=1S/C22H20N2O2/c25-21(23-26)20-16-24(20)22(17-10-4-1-5-11-17,18-12-6-2-7-13-18)19-14-8-3-9-15-19/h1-15,20,26H,16H2,(H,23,25)/t20-,24?/m1/s1. The first-order valence-corrected chi connectivity index (χ1v) is 8.65. The molecule has 4 rings (SSSR count). The van der Waals surface area contributed by atoms with Crippen LogP contribution in [0.2, 0.25) is 0 Å². The molecule has 2 atom stereocenters. The number of carbonyl (C=O) groups is 1. The second-order valence-electron chi connectivity index (χ2n) is 6.45. The number of nitrogens with one attached hydrogen (secondary N) is 1. The molecule has 4 nitrogen and oxygen atoms in total. The van der Waals surface area contributed by atoms with Crippen LogP contribution < -0.4 is 5.48 Å². The highest BCUT2D eigenvalue weighted by Crippen LogP contribution is 2.48. The lowest BCUT2D eigenvalue weighted by atomic mass is 9.76. The molecule has 3 aromatic rings. The van der Waals surface area contributed by atoms with Crippen molar-refractivity contribution < 1.29 is 10.0 Å². The summed E-state index contributed by atoms with van der Waals surface area (Å²) in [7, 11) is 0. The fraction of sp³-hybridized carbons (Fsp3) is 0.136. The average Bonchev–Trinajstić information content (AvgIpc) is 3.52. The van der Waals surface area contributed by atoms with E-state index in [1.165, 1.54) is 0 Å². The van der Waals surface area contributed by atoms with Crippen LogP contribution in [0.1, 0.15) is 16.7 Å². The van der Waals surface area contributed by atoms with E-state index in [2.05, 4.69) is 41.3 Å². The van der Waals surface area contributed by atoms with Crippen LogP contribution in [0.15, 0.2) is 91.0 Å². The van der Waals surface area contributed by atoms with Crippen LogP contribution in [-0.2, 0) is 10.3 Å². The van der Waals surface area contributed by atoms with Crippen LogP contribution in [0.25, 0.3) is 0 Å². The predicted octanol–water partition coefficient (Wildman–Crippen LogP) is 3.17. The average molecular weight is 344 g/mol. The smallest absolute Gasteiger partial charge is 0.262 e. The molecule has 0 radical (unpaired) electrons. The summed E-state index contributed by atoms with van der Waals surface area (Å²) in [4.78, 5) is 14.2. The molecular weight excluding hydrogens is 324 g/mol. The van der Waals surface area contributed by atoms with Gasteiger partial charge in [-0.25, -0.2) is 5.48 Å². The zero-order chi connectivity index (χ0) is 18.0. The topological polar surface area (TPSA) is 52.3 Å². The maximum atomic E-state index is 12.1. The van der Waals surface area contributed by atoms with Gasteiger partial charge in [0.1, 0.15) is 6.04 Å². The first-order valence-electron chi connectivity index (χ1n) is 8.65. The summed E-state index contributed by atoms with van der Waals surface area (Å²) in [6.07, 6.45) is 0. The molecule has 2 N–H and O–H groups in total. The minimum Gasteiger partial charge on any atom is -0.289 e. The van der Waals surface area contributed by atoms with Gasteiger partial charge in [0.15, 0.2) is 0 Å². The van der Waals surface area contributed by atoms with E-state index in [0.29, 0.717) is 6.54 Å². The number of hydrogen-bond acceptors (Lipinski definition) is 3. The lowest BCUT2D eigenvalue weighted by molar-refractivity contribution is -0.129. The fourth-order valence-electron chi connectivity index (χ4n) is 3.84. The number of amides is 1. The molecule has 1 heterocycles. The third kappa shape index (κ3) is 2.60. The summed E-state index contributed by atoms with van der Waals surface area (Å²) in [5, 5.41) is 9.11. The second-order valence-corrected chi connectivity index (χ2v) is 6.45. The highest BCUT2D eigenvalue weighted by atomic mass is 16.5. The van der Waals surface area contributed by atoms with E-state index in [0.717, 1.165) is 16.7 Å². The largest absolute Gasteiger partial charge is 0.289 e. The monoisotopic (exact) mass is 344 g/mol. The molecule has 26 heavy (non-hydrogen) atoms. The Morgan fingerprint density at radius 2 is 1.19 bits per heavy atom. The molecule has 3 aromatic carbocycles. The summed E-state index contributed by atoms with van der Waals surface area (Å²) >= 11 is 0. The summed E-state index contributed by atoms with van der Waals surface area (Å²) in [5.41, 5.74) is 4.47. The third-order valence-corrected chi connectivity index (χ3v) is 5.03. The zero-order valence-corrected chi connectivity index (χ0v) is 14.2. The van der Waals surface area contributed by atoms with E-state index in [1.807, 2.05) is 54.6 Å². The minimum atomic E-state index is -0.596. The van der Waals surface area contributed by atoms with Crippen molar-refractivity contribution in [2.75, 3.05) is 6.54 Å². The van der Waals surface area contributed by atoms with Crippen molar-refractivity contribution in [1.82, 2.24) is 10.4 Å². The Kier molecular flexibility index (Phi) is 4.29. The summed E-state index contributed by atoms with van der Waals surface area (Å²) in [6.45, 7) is 0.574. The van der Waals surface area contributed by atoms with Crippen LogP contribution in [0, 0.1) is 0 Å². The molecule has 1 aliphatic rings. The van der Waals surface area contributed by atoms with Gasteiger partial charge in [0.25, 0.3) is 5.91 Å². The Hall–Kier alpha value is -2.95. The fourth-order valence-corrected chi connectivity index (χ4v) is 3.84. The molecule has 1 amide bonds. The van der Waals surface area contributed by atoms with Gasteiger partial charge in [0.05, 0.1) is 5.54 Å². The van der Waals surface area contributed by atoms with Gasteiger partial charge in [0.2, 0.25) is 0 Å². The van der Waals surface area contributed by atoms with Crippen molar-refractivity contribution in [3.8, 4) is 0 Å². The molecule has 0 bridgehead atoms. The first kappa shape index (κ1) is 16.5. The van der Waals surface area contributed by atoms with E-state index in [-0.39, 0.29) is 11.9 Å². The Morgan fingerprint density at radius 3 is 1.54 bits per heavy atom. The quantitative estimate of drug-likeness (QED) is 0.323. The minimum absolute atomic E-state index is 0.374. The molecular formula is C22H20N2O2. The predicted molar refractivity (Wildman–Crippen MR) is 99.6 cm³/mol. The summed E-state index contributed by atoms with van der Waals surface area (Å²) in [6, 6.07) is 30.2.